The van der Waals surface area contributed by atoms with E-state index in [0.29, 0.717) is 12.6 Å². The summed E-state index contributed by atoms with van der Waals surface area (Å²) < 4.78 is 6.04. The highest BCUT2D eigenvalue weighted by Crippen LogP contribution is 2.31. The van der Waals surface area contributed by atoms with Crippen LogP contribution in [0.3, 0.4) is 0 Å². The summed E-state index contributed by atoms with van der Waals surface area (Å²) in [6.07, 6.45) is 5.57. The molecule has 0 spiro atoms. The molecule has 0 aromatic heterocycles. The SMILES string of the molecule is CC(C)[C@H]1CC[C@H](OCc2ccc(CN)cc2)CC1. The molecular formula is C17H27NO. The highest BCUT2D eigenvalue weighted by molar-refractivity contribution is 5.21. The van der Waals surface area contributed by atoms with Crippen LogP contribution < -0.4 is 5.73 Å². The molecular weight excluding hydrogens is 234 g/mol. The van der Waals surface area contributed by atoms with Crippen LogP contribution in [0.4, 0.5) is 0 Å². The number of nitrogens with two attached hydrogens (primary N) is 1. The van der Waals surface area contributed by atoms with Crippen LogP contribution in [0.2, 0.25) is 0 Å². The normalized spacial score (nSPS) is 23.8. The fourth-order valence-corrected chi connectivity index (χ4v) is 2.91. The van der Waals surface area contributed by atoms with Crippen molar-refractivity contribution in [2.24, 2.45) is 17.6 Å². The first-order valence-electron chi connectivity index (χ1n) is 7.58. The molecule has 1 aromatic rings. The van der Waals surface area contributed by atoms with E-state index in [2.05, 4.69) is 38.1 Å². The van der Waals surface area contributed by atoms with E-state index in [-0.39, 0.29) is 0 Å². The van der Waals surface area contributed by atoms with Gasteiger partial charge in [0.05, 0.1) is 12.7 Å². The Kier molecular flexibility index (Phi) is 5.41. The molecule has 0 heterocycles. The van der Waals surface area contributed by atoms with Crippen LogP contribution in [0, 0.1) is 11.8 Å². The lowest BCUT2D eigenvalue weighted by Gasteiger charge is -2.30. The van der Waals surface area contributed by atoms with Gasteiger partial charge in [-0.3, -0.25) is 0 Å². The lowest BCUT2D eigenvalue weighted by Crippen LogP contribution is -2.24. The zero-order valence-corrected chi connectivity index (χ0v) is 12.3. The summed E-state index contributed by atoms with van der Waals surface area (Å²) in [4.78, 5) is 0. The summed E-state index contributed by atoms with van der Waals surface area (Å²) in [5.74, 6) is 1.73. The Labute approximate surface area is 117 Å². The predicted octanol–water partition coefficient (Wildman–Crippen LogP) is 3.88. The summed E-state index contributed by atoms with van der Waals surface area (Å²) in [6.45, 7) is 6.03. The predicted molar refractivity (Wildman–Crippen MR) is 79.7 cm³/mol. The number of ether oxygens (including phenoxy) is 1. The van der Waals surface area contributed by atoms with Crippen LogP contribution >= 0.6 is 0 Å². The van der Waals surface area contributed by atoms with Gasteiger partial charge < -0.3 is 10.5 Å². The Morgan fingerprint density at radius 3 is 2.16 bits per heavy atom. The lowest BCUT2D eigenvalue weighted by molar-refractivity contribution is 0.00257. The molecule has 0 atom stereocenters. The van der Waals surface area contributed by atoms with Gasteiger partial charge in [0.2, 0.25) is 0 Å². The van der Waals surface area contributed by atoms with Crippen molar-refractivity contribution in [1.82, 2.24) is 0 Å². The smallest absolute Gasteiger partial charge is 0.0720 e. The monoisotopic (exact) mass is 261 g/mol. The molecule has 0 radical (unpaired) electrons. The van der Waals surface area contributed by atoms with Gasteiger partial charge in [-0.25, -0.2) is 0 Å². The van der Waals surface area contributed by atoms with Gasteiger partial charge in [-0.1, -0.05) is 38.1 Å². The Bertz CT molecular complexity index is 363. The summed E-state index contributed by atoms with van der Waals surface area (Å²) in [6, 6.07) is 8.44. The van der Waals surface area contributed by atoms with Crippen LogP contribution in [-0.4, -0.2) is 6.10 Å². The van der Waals surface area contributed by atoms with Crippen molar-refractivity contribution in [3.8, 4) is 0 Å². The molecule has 0 saturated heterocycles. The molecule has 2 nitrogen and oxygen atoms in total. The van der Waals surface area contributed by atoms with Crippen molar-refractivity contribution in [3.05, 3.63) is 35.4 Å². The Balaban J connectivity index is 1.74. The first-order valence-corrected chi connectivity index (χ1v) is 7.58. The quantitative estimate of drug-likeness (QED) is 0.873. The van der Waals surface area contributed by atoms with Gasteiger partial charge in [-0.15, -0.1) is 0 Å². The molecule has 1 aliphatic rings. The third kappa shape index (κ3) is 4.32. The third-order valence-corrected chi connectivity index (χ3v) is 4.41. The van der Waals surface area contributed by atoms with E-state index in [9.17, 15) is 0 Å². The van der Waals surface area contributed by atoms with Gasteiger partial charge >= 0.3 is 0 Å². The van der Waals surface area contributed by atoms with Crippen molar-refractivity contribution in [3.63, 3.8) is 0 Å². The average molecular weight is 261 g/mol. The van der Waals surface area contributed by atoms with Gasteiger partial charge in [0.1, 0.15) is 0 Å². The number of benzene rings is 1. The number of hydrogen-bond acceptors (Lipinski definition) is 2. The highest BCUT2D eigenvalue weighted by Gasteiger charge is 2.23. The molecule has 1 fully saturated rings. The summed E-state index contributed by atoms with van der Waals surface area (Å²) >= 11 is 0. The van der Waals surface area contributed by atoms with Gasteiger partial charge in [-0.2, -0.15) is 0 Å². The zero-order valence-electron chi connectivity index (χ0n) is 12.3. The topological polar surface area (TPSA) is 35.2 Å². The second-order valence-electron chi connectivity index (χ2n) is 6.11. The molecule has 19 heavy (non-hydrogen) atoms. The maximum atomic E-state index is 6.04. The van der Waals surface area contributed by atoms with E-state index in [1.165, 1.54) is 36.8 Å². The van der Waals surface area contributed by atoms with E-state index in [0.717, 1.165) is 18.4 Å². The van der Waals surface area contributed by atoms with E-state index >= 15 is 0 Å². The van der Waals surface area contributed by atoms with E-state index in [4.69, 9.17) is 10.5 Å². The molecule has 0 unspecified atom stereocenters. The largest absolute Gasteiger partial charge is 0.374 e. The van der Waals surface area contributed by atoms with E-state index in [1.807, 2.05) is 0 Å². The average Bonchev–Trinajstić information content (AvgIpc) is 2.46. The first-order chi connectivity index (χ1) is 9.19. The van der Waals surface area contributed by atoms with Crippen molar-refractivity contribution < 1.29 is 4.74 Å². The van der Waals surface area contributed by atoms with Crippen molar-refractivity contribution in [2.45, 2.75) is 58.8 Å². The molecule has 2 N–H and O–H groups in total. The summed E-state index contributed by atoms with van der Waals surface area (Å²) in [5, 5.41) is 0. The first kappa shape index (κ1) is 14.5. The Morgan fingerprint density at radius 1 is 1.05 bits per heavy atom. The van der Waals surface area contributed by atoms with Crippen molar-refractivity contribution in [1.29, 1.82) is 0 Å². The van der Waals surface area contributed by atoms with E-state index < -0.39 is 0 Å². The second kappa shape index (κ2) is 7.06. The van der Waals surface area contributed by atoms with Crippen LogP contribution in [0.25, 0.3) is 0 Å². The zero-order chi connectivity index (χ0) is 13.7. The van der Waals surface area contributed by atoms with Gasteiger partial charge in [0, 0.05) is 6.54 Å². The molecule has 2 rings (SSSR count). The molecule has 0 bridgehead atoms. The minimum atomic E-state index is 0.462. The highest BCUT2D eigenvalue weighted by atomic mass is 16.5. The second-order valence-corrected chi connectivity index (χ2v) is 6.11. The standard InChI is InChI=1S/C17H27NO/c1-13(2)16-7-9-17(10-8-16)19-12-15-5-3-14(11-18)4-6-15/h3-6,13,16-17H,7-12,18H2,1-2H3/t16-,17-. The van der Waals surface area contributed by atoms with Gasteiger partial charge in [-0.05, 0) is 48.6 Å². The number of rotatable bonds is 5. The Morgan fingerprint density at radius 2 is 1.63 bits per heavy atom. The van der Waals surface area contributed by atoms with Crippen LogP contribution in [0.1, 0.15) is 50.7 Å². The fraction of sp³-hybridized carbons (Fsp3) is 0.647. The third-order valence-electron chi connectivity index (χ3n) is 4.41. The van der Waals surface area contributed by atoms with Gasteiger partial charge in [0.15, 0.2) is 0 Å². The lowest BCUT2D eigenvalue weighted by atomic mass is 9.80. The van der Waals surface area contributed by atoms with E-state index in [1.54, 1.807) is 0 Å². The molecule has 2 heteroatoms. The molecule has 1 saturated carbocycles. The molecule has 106 valence electrons. The minimum absolute atomic E-state index is 0.462. The van der Waals surface area contributed by atoms with Crippen molar-refractivity contribution in [2.75, 3.05) is 0 Å². The molecule has 0 aliphatic heterocycles. The molecule has 1 aromatic carbocycles. The van der Waals surface area contributed by atoms with Crippen LogP contribution in [0.5, 0.6) is 0 Å². The molecule has 0 amide bonds. The molecule has 1 aliphatic carbocycles. The summed E-state index contributed by atoms with van der Waals surface area (Å²) in [5.41, 5.74) is 8.03. The summed E-state index contributed by atoms with van der Waals surface area (Å²) in [7, 11) is 0. The van der Waals surface area contributed by atoms with Gasteiger partial charge in [0.25, 0.3) is 0 Å². The van der Waals surface area contributed by atoms with Crippen LogP contribution in [0.15, 0.2) is 24.3 Å². The Hall–Kier alpha value is -0.860. The minimum Gasteiger partial charge on any atom is -0.374 e. The maximum Gasteiger partial charge on any atom is 0.0720 e. The number of hydrogen-bond donors (Lipinski definition) is 1. The maximum absolute atomic E-state index is 6.04. The van der Waals surface area contributed by atoms with Crippen molar-refractivity contribution >= 4 is 0 Å². The fourth-order valence-electron chi connectivity index (χ4n) is 2.91. The van der Waals surface area contributed by atoms with Crippen LogP contribution in [-0.2, 0) is 17.9 Å².